The van der Waals surface area contributed by atoms with Crippen molar-refractivity contribution in [3.8, 4) is 0 Å². The van der Waals surface area contributed by atoms with Crippen LogP contribution < -0.4 is 15.1 Å². The van der Waals surface area contributed by atoms with Gasteiger partial charge in [-0.2, -0.15) is 4.98 Å². The summed E-state index contributed by atoms with van der Waals surface area (Å²) in [4.78, 5) is 21.0. The largest absolute Gasteiger partial charge is 0.370 e. The van der Waals surface area contributed by atoms with Gasteiger partial charge in [0.05, 0.1) is 5.69 Å². The highest BCUT2D eigenvalue weighted by molar-refractivity contribution is 5.46. The maximum atomic E-state index is 14.4. The molecule has 0 bridgehead atoms. The number of anilines is 3. The monoisotopic (exact) mass is 331 g/mol. The molecule has 0 amide bonds. The summed E-state index contributed by atoms with van der Waals surface area (Å²) in [5, 5.41) is 3.19. The van der Waals surface area contributed by atoms with E-state index in [0.717, 1.165) is 25.5 Å². The van der Waals surface area contributed by atoms with Crippen LogP contribution in [0.15, 0.2) is 18.6 Å². The van der Waals surface area contributed by atoms with E-state index in [1.807, 2.05) is 24.8 Å². The fourth-order valence-electron chi connectivity index (χ4n) is 2.76. The van der Waals surface area contributed by atoms with Crippen molar-refractivity contribution in [1.82, 2.24) is 19.9 Å². The zero-order valence-corrected chi connectivity index (χ0v) is 14.0. The molecule has 0 atom stereocenters. The Hall–Kier alpha value is -2.51. The van der Waals surface area contributed by atoms with Gasteiger partial charge in [0.2, 0.25) is 5.95 Å². The van der Waals surface area contributed by atoms with Gasteiger partial charge in [-0.1, -0.05) is 6.92 Å². The number of nitrogens with zero attached hydrogens (tertiary/aromatic N) is 6. The number of hydrogen-bond acceptors (Lipinski definition) is 7. The number of rotatable bonds is 5. The maximum absolute atomic E-state index is 14.4. The van der Waals surface area contributed by atoms with Crippen LogP contribution in [0.4, 0.5) is 22.0 Å². The Morgan fingerprint density at radius 1 is 1.08 bits per heavy atom. The first-order valence-corrected chi connectivity index (χ1v) is 8.29. The molecular weight excluding hydrogens is 309 g/mol. The summed E-state index contributed by atoms with van der Waals surface area (Å²) in [6.45, 7) is 7.53. The van der Waals surface area contributed by atoms with Crippen LogP contribution >= 0.6 is 0 Å². The van der Waals surface area contributed by atoms with Crippen molar-refractivity contribution in [3.63, 3.8) is 0 Å². The number of nitrogens with one attached hydrogen (secondary N) is 1. The smallest absolute Gasteiger partial charge is 0.227 e. The van der Waals surface area contributed by atoms with Crippen LogP contribution in [0.1, 0.15) is 19.5 Å². The van der Waals surface area contributed by atoms with E-state index in [4.69, 9.17) is 0 Å². The van der Waals surface area contributed by atoms with Gasteiger partial charge in [-0.05, 0) is 19.4 Å². The van der Waals surface area contributed by atoms with E-state index in [1.165, 1.54) is 6.33 Å². The molecule has 2 aromatic rings. The van der Waals surface area contributed by atoms with Gasteiger partial charge in [-0.25, -0.2) is 19.3 Å². The second-order valence-corrected chi connectivity index (χ2v) is 5.56. The SMILES string of the molecule is CCNc1ccnc(N2CCN(c3ncnc(CC)c3F)CC2)n1. The average molecular weight is 331 g/mol. The number of hydrogen-bond donors (Lipinski definition) is 1. The van der Waals surface area contributed by atoms with Crippen LogP contribution in [0.2, 0.25) is 0 Å². The molecule has 24 heavy (non-hydrogen) atoms. The van der Waals surface area contributed by atoms with Crippen molar-refractivity contribution in [1.29, 1.82) is 0 Å². The molecule has 0 aliphatic carbocycles. The Morgan fingerprint density at radius 3 is 2.54 bits per heavy atom. The zero-order valence-electron chi connectivity index (χ0n) is 14.0. The van der Waals surface area contributed by atoms with Gasteiger partial charge >= 0.3 is 0 Å². The van der Waals surface area contributed by atoms with Gasteiger partial charge in [-0.3, -0.25) is 0 Å². The van der Waals surface area contributed by atoms with E-state index in [-0.39, 0.29) is 5.82 Å². The predicted octanol–water partition coefficient (Wildman–Crippen LogP) is 1.73. The van der Waals surface area contributed by atoms with Crippen LogP contribution in [0.25, 0.3) is 0 Å². The number of halogens is 1. The molecule has 0 radical (unpaired) electrons. The van der Waals surface area contributed by atoms with Crippen LogP contribution in [0.3, 0.4) is 0 Å². The van der Waals surface area contributed by atoms with Crippen LogP contribution in [0.5, 0.6) is 0 Å². The highest BCUT2D eigenvalue weighted by Gasteiger charge is 2.23. The topological polar surface area (TPSA) is 70.1 Å². The quantitative estimate of drug-likeness (QED) is 0.894. The Morgan fingerprint density at radius 2 is 1.83 bits per heavy atom. The van der Waals surface area contributed by atoms with Crippen molar-refractivity contribution < 1.29 is 4.39 Å². The number of aromatic nitrogens is 4. The first kappa shape index (κ1) is 16.4. The lowest BCUT2D eigenvalue weighted by atomic mass is 10.2. The predicted molar refractivity (Wildman–Crippen MR) is 92.0 cm³/mol. The minimum Gasteiger partial charge on any atom is -0.370 e. The van der Waals surface area contributed by atoms with Gasteiger partial charge < -0.3 is 15.1 Å². The Bertz CT molecular complexity index is 686. The summed E-state index contributed by atoms with van der Waals surface area (Å²) in [7, 11) is 0. The van der Waals surface area contributed by atoms with E-state index in [2.05, 4.69) is 30.2 Å². The molecule has 8 heteroatoms. The standard InChI is InChI=1S/C16H22FN7/c1-3-12-14(17)15(21-11-20-12)23-7-9-24(10-8-23)16-19-6-5-13(22-16)18-4-2/h5-6,11H,3-4,7-10H2,1-2H3,(H,18,19,22). The summed E-state index contributed by atoms with van der Waals surface area (Å²) in [5.74, 6) is 1.60. The van der Waals surface area contributed by atoms with Crippen molar-refractivity contribution >= 4 is 17.6 Å². The van der Waals surface area contributed by atoms with Gasteiger partial charge in [0.15, 0.2) is 11.6 Å². The summed E-state index contributed by atoms with van der Waals surface area (Å²) >= 11 is 0. The second kappa shape index (κ2) is 7.37. The molecule has 1 fully saturated rings. The van der Waals surface area contributed by atoms with Gasteiger partial charge in [0, 0.05) is 38.9 Å². The lowest BCUT2D eigenvalue weighted by Crippen LogP contribution is -2.47. The molecule has 3 rings (SSSR count). The van der Waals surface area contributed by atoms with Crippen molar-refractivity contribution in [2.45, 2.75) is 20.3 Å². The van der Waals surface area contributed by atoms with Crippen LogP contribution in [-0.4, -0.2) is 52.7 Å². The Kier molecular flexibility index (Phi) is 5.02. The summed E-state index contributed by atoms with van der Waals surface area (Å²) in [5.41, 5.74) is 0.462. The van der Waals surface area contributed by atoms with Gasteiger partial charge in [0.1, 0.15) is 12.1 Å². The van der Waals surface area contributed by atoms with Gasteiger partial charge in [-0.15, -0.1) is 0 Å². The molecule has 1 saturated heterocycles. The first-order chi connectivity index (χ1) is 11.7. The molecule has 128 valence electrons. The highest BCUT2D eigenvalue weighted by atomic mass is 19.1. The average Bonchev–Trinajstić information content (AvgIpc) is 2.63. The summed E-state index contributed by atoms with van der Waals surface area (Å²) < 4.78 is 14.4. The van der Waals surface area contributed by atoms with Crippen molar-refractivity contribution in [2.75, 3.05) is 47.8 Å². The molecular formula is C16H22FN7. The zero-order chi connectivity index (χ0) is 16.9. The summed E-state index contributed by atoms with van der Waals surface area (Å²) in [6, 6.07) is 1.85. The molecule has 2 aromatic heterocycles. The molecule has 0 spiro atoms. The lowest BCUT2D eigenvalue weighted by molar-refractivity contribution is 0.566. The molecule has 7 nitrogen and oxygen atoms in total. The fourth-order valence-corrected chi connectivity index (χ4v) is 2.76. The van der Waals surface area contributed by atoms with E-state index < -0.39 is 0 Å². The third-order valence-corrected chi connectivity index (χ3v) is 4.04. The van der Waals surface area contributed by atoms with E-state index in [9.17, 15) is 4.39 Å². The molecule has 1 N–H and O–H groups in total. The molecule has 0 saturated carbocycles. The van der Waals surface area contributed by atoms with E-state index in [0.29, 0.717) is 37.0 Å². The molecule has 1 aliphatic heterocycles. The molecule has 0 aromatic carbocycles. The molecule has 1 aliphatic rings. The Labute approximate surface area is 141 Å². The third-order valence-electron chi connectivity index (χ3n) is 4.04. The van der Waals surface area contributed by atoms with Crippen LogP contribution in [0, 0.1) is 5.82 Å². The Balaban J connectivity index is 1.69. The maximum Gasteiger partial charge on any atom is 0.227 e. The lowest BCUT2D eigenvalue weighted by Gasteiger charge is -2.35. The molecule has 3 heterocycles. The van der Waals surface area contributed by atoms with Crippen LogP contribution in [-0.2, 0) is 6.42 Å². The van der Waals surface area contributed by atoms with Gasteiger partial charge in [0.25, 0.3) is 0 Å². The highest BCUT2D eigenvalue weighted by Crippen LogP contribution is 2.21. The minimum absolute atomic E-state index is 0.307. The minimum atomic E-state index is -0.307. The molecule has 0 unspecified atom stereocenters. The normalized spacial score (nSPS) is 14.8. The number of piperazine rings is 1. The van der Waals surface area contributed by atoms with E-state index >= 15 is 0 Å². The van der Waals surface area contributed by atoms with E-state index in [1.54, 1.807) is 6.20 Å². The third kappa shape index (κ3) is 3.37. The fraction of sp³-hybridized carbons (Fsp3) is 0.500. The first-order valence-electron chi connectivity index (χ1n) is 8.29. The second-order valence-electron chi connectivity index (χ2n) is 5.56. The van der Waals surface area contributed by atoms with Crippen molar-refractivity contribution in [2.24, 2.45) is 0 Å². The van der Waals surface area contributed by atoms with Crippen molar-refractivity contribution in [3.05, 3.63) is 30.1 Å². The number of aryl methyl sites for hydroxylation is 1. The summed E-state index contributed by atoms with van der Waals surface area (Å²) in [6.07, 6.45) is 3.75.